The van der Waals surface area contributed by atoms with Crippen LogP contribution in [-0.4, -0.2) is 32.7 Å². The summed E-state index contributed by atoms with van der Waals surface area (Å²) in [5, 5.41) is 8.90. The smallest absolute Gasteiger partial charge is 0.410 e. The van der Waals surface area contributed by atoms with Gasteiger partial charge in [-0.05, 0) is 32.4 Å². The third-order valence-corrected chi connectivity index (χ3v) is 2.66. The zero-order chi connectivity index (χ0) is 16.2. The summed E-state index contributed by atoms with van der Waals surface area (Å²) in [6, 6.07) is 1.55. The molecule has 1 aromatic heterocycles. The highest BCUT2D eigenvalue weighted by atomic mass is 16.6. The van der Waals surface area contributed by atoms with Crippen molar-refractivity contribution in [1.82, 2.24) is 9.88 Å². The van der Waals surface area contributed by atoms with Crippen molar-refractivity contribution in [3.05, 3.63) is 29.1 Å². The van der Waals surface area contributed by atoms with Crippen LogP contribution in [0.5, 0.6) is 0 Å². The van der Waals surface area contributed by atoms with Crippen molar-refractivity contribution >= 4 is 12.1 Å². The fourth-order valence-corrected chi connectivity index (χ4v) is 1.83. The molecule has 0 atom stereocenters. The molecule has 2 rings (SSSR count). The van der Waals surface area contributed by atoms with E-state index in [1.54, 1.807) is 26.8 Å². The Morgan fingerprint density at radius 2 is 1.90 bits per heavy atom. The monoisotopic (exact) mass is 294 g/mol. The van der Waals surface area contributed by atoms with Crippen LogP contribution in [0, 0.1) is 0 Å². The topological polar surface area (TPSA) is 79.7 Å². The molecule has 0 fully saturated rings. The molecule has 0 spiro atoms. The van der Waals surface area contributed by atoms with E-state index in [2.05, 4.69) is 4.98 Å². The van der Waals surface area contributed by atoms with Crippen LogP contribution in [0.4, 0.5) is 4.79 Å². The van der Waals surface area contributed by atoms with Crippen molar-refractivity contribution < 1.29 is 19.4 Å². The number of pyridine rings is 1. The molecule has 1 aliphatic rings. The van der Waals surface area contributed by atoms with Gasteiger partial charge in [-0.2, -0.15) is 0 Å². The molecule has 0 unspecified atom stereocenters. The van der Waals surface area contributed by atoms with E-state index in [-0.39, 0.29) is 5.56 Å². The normalized spacial score (nSPS) is 13.1. The van der Waals surface area contributed by atoms with Gasteiger partial charge in [-0.25, -0.2) is 9.59 Å². The second-order valence-corrected chi connectivity index (χ2v) is 5.47. The summed E-state index contributed by atoms with van der Waals surface area (Å²) in [5.74, 6) is -1.02. The zero-order valence-electron chi connectivity index (χ0n) is 13.1. The second kappa shape index (κ2) is 6.56. The van der Waals surface area contributed by atoms with E-state index in [0.29, 0.717) is 13.1 Å². The Balaban J connectivity index is 0.00000106. The number of hydrogen-bond donors (Lipinski definition) is 1. The molecule has 0 aliphatic carbocycles. The Labute approximate surface area is 124 Å². The van der Waals surface area contributed by atoms with Gasteiger partial charge in [0.2, 0.25) is 0 Å². The molecule has 6 heteroatoms. The van der Waals surface area contributed by atoms with E-state index in [1.165, 1.54) is 11.1 Å². The summed E-state index contributed by atoms with van der Waals surface area (Å²) in [6.45, 7) is 10.1. The van der Waals surface area contributed by atoms with Crippen LogP contribution < -0.4 is 0 Å². The molecule has 0 bridgehead atoms. The number of aromatic nitrogens is 1. The van der Waals surface area contributed by atoms with Gasteiger partial charge >= 0.3 is 12.1 Å². The number of hydrogen-bond acceptors (Lipinski definition) is 4. The quantitative estimate of drug-likeness (QED) is 0.861. The van der Waals surface area contributed by atoms with Crippen LogP contribution in [0.3, 0.4) is 0 Å². The highest BCUT2D eigenvalue weighted by Crippen LogP contribution is 2.23. The summed E-state index contributed by atoms with van der Waals surface area (Å²) in [5.41, 5.74) is 1.05. The van der Waals surface area contributed by atoms with E-state index >= 15 is 0 Å². The Kier molecular flexibility index (Phi) is 5.29. The molecule has 0 radical (unpaired) electrons. The van der Waals surface area contributed by atoms with Crippen LogP contribution in [0.25, 0.3) is 0 Å². The van der Waals surface area contributed by atoms with Gasteiger partial charge in [-0.3, -0.25) is 9.88 Å². The largest absolute Gasteiger partial charge is 0.478 e. The van der Waals surface area contributed by atoms with Gasteiger partial charge < -0.3 is 9.84 Å². The fourth-order valence-electron chi connectivity index (χ4n) is 1.83. The van der Waals surface area contributed by atoms with E-state index in [9.17, 15) is 9.59 Å². The Bertz CT molecular complexity index is 535. The minimum absolute atomic E-state index is 0.129. The maximum atomic E-state index is 11.9. The lowest BCUT2D eigenvalue weighted by atomic mass is 10.2. The SMILES string of the molecule is CC.CC(C)(C)OC(=O)N1Cc2cc(C(=O)O)cnc2C1. The van der Waals surface area contributed by atoms with Gasteiger partial charge in [-0.15, -0.1) is 0 Å². The average molecular weight is 294 g/mol. The molecule has 116 valence electrons. The van der Waals surface area contributed by atoms with Crippen LogP contribution in [-0.2, 0) is 17.8 Å². The first-order valence-electron chi connectivity index (χ1n) is 6.95. The van der Waals surface area contributed by atoms with E-state index < -0.39 is 17.7 Å². The lowest BCUT2D eigenvalue weighted by molar-refractivity contribution is 0.0240. The maximum absolute atomic E-state index is 11.9. The first-order valence-corrected chi connectivity index (χ1v) is 6.95. The Morgan fingerprint density at radius 3 is 2.43 bits per heavy atom. The molecule has 1 N–H and O–H groups in total. The maximum Gasteiger partial charge on any atom is 0.410 e. The van der Waals surface area contributed by atoms with Crippen LogP contribution >= 0.6 is 0 Å². The number of ether oxygens (including phenoxy) is 1. The minimum Gasteiger partial charge on any atom is -0.478 e. The van der Waals surface area contributed by atoms with Crippen LogP contribution in [0.15, 0.2) is 12.3 Å². The molecule has 0 saturated heterocycles. The summed E-state index contributed by atoms with van der Waals surface area (Å²) >= 11 is 0. The van der Waals surface area contributed by atoms with Crippen LogP contribution in [0.2, 0.25) is 0 Å². The molecule has 21 heavy (non-hydrogen) atoms. The van der Waals surface area contributed by atoms with E-state index in [4.69, 9.17) is 9.84 Å². The summed E-state index contributed by atoms with van der Waals surface area (Å²) < 4.78 is 5.27. The second-order valence-electron chi connectivity index (χ2n) is 5.47. The molecule has 6 nitrogen and oxygen atoms in total. The van der Waals surface area contributed by atoms with E-state index in [1.807, 2.05) is 13.8 Å². The van der Waals surface area contributed by atoms with Gasteiger partial charge in [0.1, 0.15) is 5.60 Å². The predicted molar refractivity (Wildman–Crippen MR) is 78.0 cm³/mol. The number of carbonyl (C=O) groups is 2. The number of carbonyl (C=O) groups excluding carboxylic acids is 1. The first-order chi connectivity index (χ1) is 9.76. The molecular formula is C15H22N2O4. The summed E-state index contributed by atoms with van der Waals surface area (Å²) in [4.78, 5) is 28.4. The fraction of sp³-hybridized carbons (Fsp3) is 0.533. The number of fused-ring (bicyclic) bond motifs is 1. The van der Waals surface area contributed by atoms with Gasteiger partial charge in [0.05, 0.1) is 24.3 Å². The Morgan fingerprint density at radius 1 is 1.29 bits per heavy atom. The number of carboxylic acid groups (broad SMARTS) is 1. The predicted octanol–water partition coefficient (Wildman–Crippen LogP) is 3.06. The first kappa shape index (κ1) is 16.9. The molecule has 1 aromatic rings. The molecule has 0 aromatic carbocycles. The average Bonchev–Trinajstić information content (AvgIpc) is 2.81. The molecule has 1 aliphatic heterocycles. The zero-order valence-corrected chi connectivity index (χ0v) is 13.1. The van der Waals surface area contributed by atoms with Crippen LogP contribution in [0.1, 0.15) is 56.2 Å². The highest BCUT2D eigenvalue weighted by Gasteiger charge is 2.29. The third kappa shape index (κ3) is 4.44. The minimum atomic E-state index is -1.02. The lowest BCUT2D eigenvalue weighted by Gasteiger charge is -2.23. The van der Waals surface area contributed by atoms with Gasteiger partial charge in [0.15, 0.2) is 0 Å². The van der Waals surface area contributed by atoms with Gasteiger partial charge in [-0.1, -0.05) is 13.8 Å². The summed E-state index contributed by atoms with van der Waals surface area (Å²) in [6.07, 6.45) is 0.891. The molecule has 0 saturated carbocycles. The number of amides is 1. The van der Waals surface area contributed by atoms with Crippen molar-refractivity contribution in [1.29, 1.82) is 0 Å². The molecule has 2 heterocycles. The third-order valence-electron chi connectivity index (χ3n) is 2.66. The van der Waals surface area contributed by atoms with Crippen molar-refractivity contribution in [2.24, 2.45) is 0 Å². The van der Waals surface area contributed by atoms with E-state index in [0.717, 1.165) is 11.3 Å². The number of carboxylic acids is 1. The molecular weight excluding hydrogens is 272 g/mol. The number of nitrogens with zero attached hydrogens (tertiary/aromatic N) is 2. The van der Waals surface area contributed by atoms with Crippen molar-refractivity contribution in [3.63, 3.8) is 0 Å². The van der Waals surface area contributed by atoms with Crippen molar-refractivity contribution in [3.8, 4) is 0 Å². The van der Waals surface area contributed by atoms with Gasteiger partial charge in [0, 0.05) is 6.20 Å². The standard InChI is InChI=1S/C13H16N2O4.C2H6/c1-13(2,3)19-12(18)15-6-9-4-8(11(16)17)5-14-10(9)7-15;1-2/h4-5H,6-7H2,1-3H3,(H,16,17);1-2H3. The highest BCUT2D eigenvalue weighted by molar-refractivity contribution is 5.87. The van der Waals surface area contributed by atoms with Crippen molar-refractivity contribution in [2.75, 3.05) is 0 Å². The van der Waals surface area contributed by atoms with Gasteiger partial charge in [0.25, 0.3) is 0 Å². The Hall–Kier alpha value is -2.11. The number of aromatic carboxylic acids is 1. The molecule has 1 amide bonds. The van der Waals surface area contributed by atoms with Crippen molar-refractivity contribution in [2.45, 2.75) is 53.3 Å². The summed E-state index contributed by atoms with van der Waals surface area (Å²) in [7, 11) is 0. The lowest BCUT2D eigenvalue weighted by Crippen LogP contribution is -2.33. The number of rotatable bonds is 1.